The maximum Gasteiger partial charge on any atom is 0.201 e. The van der Waals surface area contributed by atoms with Crippen LogP contribution in [0.15, 0.2) is 85.0 Å². The third-order valence-corrected chi connectivity index (χ3v) is 6.54. The first-order valence-electron chi connectivity index (χ1n) is 9.43. The summed E-state index contributed by atoms with van der Waals surface area (Å²) in [5, 5.41) is 0. The zero-order valence-corrected chi connectivity index (χ0v) is 15.0. The number of alkyl halides is 2. The van der Waals surface area contributed by atoms with Gasteiger partial charge >= 0.3 is 0 Å². The minimum atomic E-state index is -2.37. The van der Waals surface area contributed by atoms with Crippen molar-refractivity contribution in [3.8, 4) is 0 Å². The van der Waals surface area contributed by atoms with Gasteiger partial charge < -0.3 is 0 Å². The molecule has 0 amide bonds. The second-order valence-corrected chi connectivity index (χ2v) is 7.78. The highest BCUT2D eigenvalue weighted by Gasteiger charge is 2.68. The molecule has 4 aliphatic rings. The number of Topliss-reactive ketones (excluding diaryl/α,β-unsaturated/α-hetero) is 1. The van der Waals surface area contributed by atoms with Crippen molar-refractivity contribution in [1.82, 2.24) is 0 Å². The van der Waals surface area contributed by atoms with Crippen LogP contribution < -0.4 is 0 Å². The van der Waals surface area contributed by atoms with Gasteiger partial charge in [-0.3, -0.25) is 9.59 Å². The summed E-state index contributed by atoms with van der Waals surface area (Å²) in [7, 11) is 0. The molecule has 2 aromatic carbocycles. The van der Waals surface area contributed by atoms with Crippen LogP contribution in [0.2, 0.25) is 0 Å². The van der Waals surface area contributed by atoms with Crippen LogP contribution in [-0.2, 0) is 20.9 Å². The van der Waals surface area contributed by atoms with Gasteiger partial charge in [-0.2, -0.15) is 0 Å². The number of halogens is 2. The average molecular weight is 376 g/mol. The molecule has 0 aromatic heterocycles. The van der Waals surface area contributed by atoms with Crippen LogP contribution in [0.25, 0.3) is 0 Å². The molecule has 1 saturated carbocycles. The Hall–Kier alpha value is -2.88. The fourth-order valence-electron chi connectivity index (χ4n) is 5.27. The molecule has 0 spiro atoms. The van der Waals surface area contributed by atoms with Crippen LogP contribution in [0, 0.1) is 23.7 Å². The molecule has 4 aliphatic carbocycles. The standard InChI is InChI=1S/C24H18F2O2/c25-23(15-7-3-1-4-8-15)19-13-11-18(22(23)28)17-12-14-20(27)24(26,21(17)19)16-9-5-2-6-10-16/h1-14,17-19,21H/t17-,18+,19-,21-,23+,24-/m0/s1. The summed E-state index contributed by atoms with van der Waals surface area (Å²) in [6.07, 6.45) is 6.10. The largest absolute Gasteiger partial charge is 0.295 e. The molecular weight excluding hydrogens is 358 g/mol. The number of rotatable bonds is 2. The maximum atomic E-state index is 16.6. The number of benzene rings is 2. The average Bonchev–Trinajstić information content (AvgIpc) is 2.75. The van der Waals surface area contributed by atoms with Gasteiger partial charge in [0.05, 0.1) is 0 Å². The van der Waals surface area contributed by atoms with Gasteiger partial charge in [0, 0.05) is 17.8 Å². The lowest BCUT2D eigenvalue weighted by molar-refractivity contribution is -0.163. The predicted molar refractivity (Wildman–Crippen MR) is 101 cm³/mol. The molecule has 0 heterocycles. The Labute approximate surface area is 161 Å². The van der Waals surface area contributed by atoms with E-state index in [0.29, 0.717) is 0 Å². The number of ketones is 2. The van der Waals surface area contributed by atoms with Crippen LogP contribution in [0.5, 0.6) is 0 Å². The summed E-state index contributed by atoms with van der Waals surface area (Å²) in [5.41, 5.74) is -4.29. The molecule has 2 nitrogen and oxygen atoms in total. The lowest BCUT2D eigenvalue weighted by Crippen LogP contribution is -2.62. The topological polar surface area (TPSA) is 34.1 Å². The minimum absolute atomic E-state index is 0.211. The summed E-state index contributed by atoms with van der Waals surface area (Å²) in [5.74, 6) is -4.62. The zero-order valence-electron chi connectivity index (χ0n) is 15.0. The van der Waals surface area contributed by atoms with Gasteiger partial charge in [0.1, 0.15) is 0 Å². The number of hydrogen-bond acceptors (Lipinski definition) is 2. The van der Waals surface area contributed by atoms with Crippen molar-refractivity contribution in [2.45, 2.75) is 11.3 Å². The van der Waals surface area contributed by atoms with Crippen LogP contribution in [0.1, 0.15) is 11.1 Å². The van der Waals surface area contributed by atoms with E-state index in [1.165, 1.54) is 6.08 Å². The molecule has 2 aromatic rings. The normalized spacial score (nSPS) is 38.5. The molecule has 0 unspecified atom stereocenters. The zero-order chi connectivity index (χ0) is 19.5. The lowest BCUT2D eigenvalue weighted by atomic mass is 9.48. The maximum absolute atomic E-state index is 16.6. The van der Waals surface area contributed by atoms with E-state index in [1.54, 1.807) is 78.9 Å². The van der Waals surface area contributed by atoms with Gasteiger partial charge in [-0.15, -0.1) is 0 Å². The first kappa shape index (κ1) is 17.2. The Morgan fingerprint density at radius 3 is 1.89 bits per heavy atom. The summed E-state index contributed by atoms with van der Waals surface area (Å²) < 4.78 is 33.0. The van der Waals surface area contributed by atoms with Crippen molar-refractivity contribution >= 4 is 11.6 Å². The molecule has 6 rings (SSSR count). The van der Waals surface area contributed by atoms with E-state index in [-0.39, 0.29) is 11.1 Å². The van der Waals surface area contributed by atoms with E-state index in [4.69, 9.17) is 0 Å². The molecule has 6 atom stereocenters. The molecule has 1 fully saturated rings. The Balaban J connectivity index is 1.73. The van der Waals surface area contributed by atoms with Crippen LogP contribution in [0.4, 0.5) is 8.78 Å². The van der Waals surface area contributed by atoms with Crippen molar-refractivity contribution < 1.29 is 18.4 Å². The molecule has 0 N–H and O–H groups in total. The Bertz CT molecular complexity index is 1010. The Morgan fingerprint density at radius 1 is 0.714 bits per heavy atom. The molecule has 140 valence electrons. The monoisotopic (exact) mass is 376 g/mol. The van der Waals surface area contributed by atoms with Crippen molar-refractivity contribution in [2.75, 3.05) is 0 Å². The molecule has 0 saturated heterocycles. The number of carbonyl (C=O) groups is 2. The molecule has 4 heteroatoms. The van der Waals surface area contributed by atoms with E-state index < -0.39 is 46.6 Å². The highest BCUT2D eigenvalue weighted by atomic mass is 19.1. The van der Waals surface area contributed by atoms with Gasteiger partial charge in [0.2, 0.25) is 11.3 Å². The first-order chi connectivity index (χ1) is 13.5. The number of fused-ring (bicyclic) bond motifs is 1. The number of carbonyl (C=O) groups excluding carboxylic acids is 2. The Morgan fingerprint density at radius 2 is 1.29 bits per heavy atom. The Kier molecular flexibility index (Phi) is 3.57. The van der Waals surface area contributed by atoms with Crippen molar-refractivity contribution in [3.63, 3.8) is 0 Å². The van der Waals surface area contributed by atoms with Gasteiger partial charge in [-0.05, 0) is 23.1 Å². The van der Waals surface area contributed by atoms with Crippen LogP contribution in [-0.4, -0.2) is 11.6 Å². The molecule has 28 heavy (non-hydrogen) atoms. The van der Waals surface area contributed by atoms with Crippen LogP contribution in [0.3, 0.4) is 0 Å². The van der Waals surface area contributed by atoms with Gasteiger partial charge in [-0.25, -0.2) is 8.78 Å². The van der Waals surface area contributed by atoms with Crippen molar-refractivity contribution in [1.29, 1.82) is 0 Å². The second kappa shape index (κ2) is 5.81. The number of hydrogen-bond donors (Lipinski definition) is 0. The highest BCUT2D eigenvalue weighted by Crippen LogP contribution is 2.61. The summed E-state index contributed by atoms with van der Waals surface area (Å²) in [4.78, 5) is 25.9. The molecule has 0 aliphatic heterocycles. The first-order valence-corrected chi connectivity index (χ1v) is 9.43. The summed E-state index contributed by atoms with van der Waals surface area (Å²) in [6, 6.07) is 16.4. The third kappa shape index (κ3) is 2.00. The molecule has 2 bridgehead atoms. The lowest BCUT2D eigenvalue weighted by Gasteiger charge is -2.55. The number of allylic oxidation sites excluding steroid dienone is 4. The SMILES string of the molecule is O=C1C=C[C@@H]2[C@@H]([C@@H]3C=C[C@H]2C(=O)[C@@]3(F)c2ccccc2)[C@]1(F)c1ccccc1. The van der Waals surface area contributed by atoms with Crippen LogP contribution >= 0.6 is 0 Å². The van der Waals surface area contributed by atoms with E-state index in [9.17, 15) is 9.59 Å². The fraction of sp³-hybridized carbons (Fsp3) is 0.250. The van der Waals surface area contributed by atoms with Gasteiger partial charge in [0.25, 0.3) is 0 Å². The van der Waals surface area contributed by atoms with E-state index in [1.807, 2.05) is 0 Å². The van der Waals surface area contributed by atoms with Gasteiger partial charge in [-0.1, -0.05) is 78.9 Å². The fourth-order valence-corrected chi connectivity index (χ4v) is 5.27. The van der Waals surface area contributed by atoms with E-state index in [0.717, 1.165) is 0 Å². The highest BCUT2D eigenvalue weighted by molar-refractivity contribution is 6.01. The third-order valence-electron chi connectivity index (χ3n) is 6.54. The predicted octanol–water partition coefficient (Wildman–Crippen LogP) is 4.47. The van der Waals surface area contributed by atoms with E-state index in [2.05, 4.69) is 0 Å². The minimum Gasteiger partial charge on any atom is -0.295 e. The smallest absolute Gasteiger partial charge is 0.201 e. The second-order valence-electron chi connectivity index (χ2n) is 7.78. The molecule has 0 radical (unpaired) electrons. The van der Waals surface area contributed by atoms with Gasteiger partial charge in [0.15, 0.2) is 11.6 Å². The summed E-state index contributed by atoms with van der Waals surface area (Å²) in [6.45, 7) is 0. The quantitative estimate of drug-likeness (QED) is 0.725. The van der Waals surface area contributed by atoms with E-state index >= 15 is 8.78 Å². The summed E-state index contributed by atoms with van der Waals surface area (Å²) >= 11 is 0. The molecular formula is C24H18F2O2. The van der Waals surface area contributed by atoms with Crippen molar-refractivity contribution in [2.24, 2.45) is 23.7 Å². The van der Waals surface area contributed by atoms with Crippen molar-refractivity contribution in [3.05, 3.63) is 96.1 Å².